The first-order chi connectivity index (χ1) is 11.9. The van der Waals surface area contributed by atoms with Gasteiger partial charge in [0.05, 0.1) is 6.10 Å². The molecule has 1 fully saturated rings. The summed E-state index contributed by atoms with van der Waals surface area (Å²) in [5.41, 5.74) is 0. The second-order valence-corrected chi connectivity index (χ2v) is 6.18. The van der Waals surface area contributed by atoms with Crippen LogP contribution in [0, 0.1) is 6.29 Å². The molecule has 1 aliphatic heterocycles. The van der Waals surface area contributed by atoms with E-state index in [-0.39, 0.29) is 38.1 Å². The highest BCUT2D eigenvalue weighted by molar-refractivity contribution is 5.73. The molecule has 0 saturated carbocycles. The third-order valence-electron chi connectivity index (χ3n) is 3.63. The molecule has 1 unspecified atom stereocenters. The van der Waals surface area contributed by atoms with Gasteiger partial charge in [-0.3, -0.25) is 14.4 Å². The Morgan fingerprint density at radius 3 is 1.92 bits per heavy atom. The number of hydrogen-bond donors (Lipinski definition) is 0. The Kier molecular flexibility index (Phi) is 8.89. The lowest BCUT2D eigenvalue weighted by Crippen LogP contribution is -2.52. The summed E-state index contributed by atoms with van der Waals surface area (Å²) in [6.45, 7) is 7.32. The highest BCUT2D eigenvalue weighted by atomic mass is 16.8. The number of carbonyl (C=O) groups excluding carboxylic acids is 3. The summed E-state index contributed by atoms with van der Waals surface area (Å²) in [6, 6.07) is 0. The molecule has 0 spiro atoms. The van der Waals surface area contributed by atoms with Gasteiger partial charge in [-0.25, -0.2) is 0 Å². The number of hydrogen-bond acceptors (Lipinski definition) is 7. The van der Waals surface area contributed by atoms with Crippen LogP contribution in [0.2, 0.25) is 0 Å². The van der Waals surface area contributed by atoms with E-state index in [4.69, 9.17) is 18.9 Å². The molecule has 1 heterocycles. The van der Waals surface area contributed by atoms with Gasteiger partial charge in [-0.2, -0.15) is 0 Å². The van der Waals surface area contributed by atoms with Crippen LogP contribution in [-0.2, 0) is 33.3 Å². The van der Waals surface area contributed by atoms with Crippen LogP contribution in [0.3, 0.4) is 0 Å². The lowest BCUT2D eigenvalue weighted by atomic mass is 10.0. The first-order valence-electron chi connectivity index (χ1n) is 9.05. The Hall–Kier alpha value is -1.63. The summed E-state index contributed by atoms with van der Waals surface area (Å²) < 4.78 is 21.8. The predicted octanol–water partition coefficient (Wildman–Crippen LogP) is 3.40. The van der Waals surface area contributed by atoms with E-state index in [0.717, 1.165) is 0 Å². The molecule has 7 heteroatoms. The first kappa shape index (κ1) is 21.4. The molecule has 1 rings (SSSR count). The number of ether oxygens (including phenoxy) is 4. The predicted molar refractivity (Wildman–Crippen MR) is 88.8 cm³/mol. The van der Waals surface area contributed by atoms with Crippen molar-refractivity contribution >= 4 is 17.9 Å². The van der Waals surface area contributed by atoms with Gasteiger partial charge in [0.25, 0.3) is 0 Å². The van der Waals surface area contributed by atoms with Crippen LogP contribution in [-0.4, -0.2) is 29.8 Å². The van der Waals surface area contributed by atoms with Gasteiger partial charge in [0.2, 0.25) is 0 Å². The minimum atomic E-state index is -1.80. The van der Waals surface area contributed by atoms with Crippen molar-refractivity contribution in [1.82, 2.24) is 0 Å². The molecule has 25 heavy (non-hydrogen) atoms. The smallest absolute Gasteiger partial charge is 0.367 e. The van der Waals surface area contributed by atoms with E-state index in [9.17, 15) is 14.4 Å². The molecule has 1 saturated heterocycles. The van der Waals surface area contributed by atoms with Crippen LogP contribution >= 0.6 is 0 Å². The molecule has 0 N–H and O–H groups in total. The lowest BCUT2D eigenvalue weighted by molar-refractivity contribution is -0.297. The molecule has 1 radical (unpaired) electrons. The Bertz CT molecular complexity index is 440. The fourth-order valence-electron chi connectivity index (χ4n) is 2.37. The Balaban J connectivity index is 3.05. The highest BCUT2D eigenvalue weighted by Gasteiger charge is 2.55. The largest absolute Gasteiger partial charge is 0.418 e. The fraction of sp³-hybridized carbons (Fsp3) is 0.778. The summed E-state index contributed by atoms with van der Waals surface area (Å²) in [6.07, 6.45) is 2.47. The van der Waals surface area contributed by atoms with E-state index >= 15 is 0 Å². The Morgan fingerprint density at radius 1 is 0.960 bits per heavy atom. The molecule has 0 amide bonds. The molecule has 1 aliphatic rings. The normalized spacial score (nSPS) is 19.9. The van der Waals surface area contributed by atoms with Crippen molar-refractivity contribution < 1.29 is 33.3 Å². The van der Waals surface area contributed by atoms with Crippen molar-refractivity contribution in [2.24, 2.45) is 0 Å². The molecule has 7 nitrogen and oxygen atoms in total. The van der Waals surface area contributed by atoms with E-state index in [1.54, 1.807) is 6.92 Å². The second-order valence-electron chi connectivity index (χ2n) is 6.18. The fourth-order valence-corrected chi connectivity index (χ4v) is 2.37. The van der Waals surface area contributed by atoms with E-state index in [2.05, 4.69) is 0 Å². The first-order valence-corrected chi connectivity index (χ1v) is 9.05. The summed E-state index contributed by atoms with van der Waals surface area (Å²) in [7, 11) is 0. The number of esters is 3. The van der Waals surface area contributed by atoms with Crippen molar-refractivity contribution in [1.29, 1.82) is 0 Å². The Labute approximate surface area is 149 Å². The SMILES string of the molecule is CCCC(=O)O[C]1OC(C)CCC1(OC(=O)CCC)OC(=O)CCC. The van der Waals surface area contributed by atoms with Crippen molar-refractivity contribution in [2.75, 3.05) is 0 Å². The maximum absolute atomic E-state index is 12.1. The summed E-state index contributed by atoms with van der Waals surface area (Å²) in [4.78, 5) is 36.1. The molecule has 143 valence electrons. The van der Waals surface area contributed by atoms with E-state index in [1.807, 2.05) is 20.8 Å². The summed E-state index contributed by atoms with van der Waals surface area (Å²) in [5.74, 6) is -3.38. The molecule has 0 aromatic carbocycles. The monoisotopic (exact) mass is 357 g/mol. The van der Waals surface area contributed by atoms with Gasteiger partial charge in [0.15, 0.2) is 0 Å². The molecule has 0 aromatic rings. The third-order valence-corrected chi connectivity index (χ3v) is 3.63. The van der Waals surface area contributed by atoms with Crippen LogP contribution in [0.4, 0.5) is 0 Å². The molecule has 0 bridgehead atoms. The zero-order valence-electron chi connectivity index (χ0n) is 15.6. The molecular weight excluding hydrogens is 328 g/mol. The van der Waals surface area contributed by atoms with Gasteiger partial charge in [-0.05, 0) is 32.6 Å². The molecular formula is C18H29O7. The van der Waals surface area contributed by atoms with Gasteiger partial charge < -0.3 is 18.9 Å². The zero-order chi connectivity index (χ0) is 18.9. The quantitative estimate of drug-likeness (QED) is 0.461. The van der Waals surface area contributed by atoms with Crippen molar-refractivity contribution in [3.8, 4) is 0 Å². The third kappa shape index (κ3) is 6.65. The summed E-state index contributed by atoms with van der Waals surface area (Å²) in [5, 5.41) is 0. The lowest BCUT2D eigenvalue weighted by Gasteiger charge is -2.41. The van der Waals surface area contributed by atoms with Gasteiger partial charge in [-0.1, -0.05) is 20.8 Å². The van der Waals surface area contributed by atoms with Crippen molar-refractivity contribution in [3.63, 3.8) is 0 Å². The topological polar surface area (TPSA) is 88.1 Å². The van der Waals surface area contributed by atoms with Gasteiger partial charge in [-0.15, -0.1) is 0 Å². The average molecular weight is 357 g/mol. The van der Waals surface area contributed by atoms with Crippen LogP contribution in [0.25, 0.3) is 0 Å². The zero-order valence-corrected chi connectivity index (χ0v) is 15.6. The van der Waals surface area contributed by atoms with Crippen LogP contribution in [0.1, 0.15) is 79.1 Å². The van der Waals surface area contributed by atoms with E-state index in [1.165, 1.54) is 0 Å². The number of carbonyl (C=O) groups is 3. The van der Waals surface area contributed by atoms with E-state index < -0.39 is 23.7 Å². The van der Waals surface area contributed by atoms with Crippen LogP contribution in [0.15, 0.2) is 0 Å². The molecule has 1 atom stereocenters. The number of rotatable bonds is 9. The molecule has 0 aliphatic carbocycles. The standard InChI is InChI=1S/C18H29O7/c1-5-8-14(19)23-17-18(12-11-13(4)22-17,24-15(20)9-6-2)25-16(21)10-7-3/h13H,5-12H2,1-4H3. The van der Waals surface area contributed by atoms with E-state index in [0.29, 0.717) is 25.7 Å². The average Bonchev–Trinajstić information content (AvgIpc) is 2.51. The summed E-state index contributed by atoms with van der Waals surface area (Å²) >= 11 is 0. The van der Waals surface area contributed by atoms with Crippen molar-refractivity contribution in [3.05, 3.63) is 6.29 Å². The molecule has 0 aromatic heterocycles. The minimum Gasteiger partial charge on any atom is -0.418 e. The van der Waals surface area contributed by atoms with Crippen LogP contribution in [0.5, 0.6) is 0 Å². The maximum Gasteiger partial charge on any atom is 0.367 e. The van der Waals surface area contributed by atoms with Gasteiger partial charge >= 0.3 is 30.0 Å². The maximum atomic E-state index is 12.1. The van der Waals surface area contributed by atoms with Gasteiger partial charge in [0, 0.05) is 25.7 Å². The second kappa shape index (κ2) is 10.4. The Morgan fingerprint density at radius 2 is 1.44 bits per heavy atom. The van der Waals surface area contributed by atoms with Crippen LogP contribution < -0.4 is 0 Å². The van der Waals surface area contributed by atoms with Gasteiger partial charge in [0.1, 0.15) is 0 Å². The highest BCUT2D eigenvalue weighted by Crippen LogP contribution is 2.40. The minimum absolute atomic E-state index is 0.165. The van der Waals surface area contributed by atoms with Crippen molar-refractivity contribution in [2.45, 2.75) is 91.0 Å².